The number of carboxylic acid groups (broad SMARTS) is 1. The number of hydrogen-bond acceptors (Lipinski definition) is 3. The number of aromatic carboxylic acids is 1. The summed E-state index contributed by atoms with van der Waals surface area (Å²) in [5, 5.41) is 9.12. The highest BCUT2D eigenvalue weighted by atomic mass is 16.6. The molecule has 0 saturated heterocycles. The molecule has 1 fully saturated rings. The second-order valence-corrected chi connectivity index (χ2v) is 6.97. The molecule has 5 nitrogen and oxygen atoms in total. The van der Waals surface area contributed by atoms with Gasteiger partial charge >= 0.3 is 12.1 Å². The highest BCUT2D eigenvalue weighted by molar-refractivity contribution is 5.92. The van der Waals surface area contributed by atoms with E-state index in [2.05, 4.69) is 12.1 Å². The Bertz CT molecular complexity index is 840. The lowest BCUT2D eigenvalue weighted by atomic mass is 9.99. The third kappa shape index (κ3) is 3.43. The number of fused-ring (bicyclic) bond motifs is 1. The lowest BCUT2D eigenvalue weighted by molar-refractivity contribution is 0.0696. The molecule has 134 valence electrons. The first-order valence-corrected chi connectivity index (χ1v) is 9.01. The van der Waals surface area contributed by atoms with Crippen LogP contribution in [0.1, 0.15) is 52.2 Å². The molecule has 0 bridgehead atoms. The monoisotopic (exact) mass is 351 g/mol. The number of amides is 1. The molecule has 4 rings (SSSR count). The van der Waals surface area contributed by atoms with Gasteiger partial charge in [-0.25, -0.2) is 9.59 Å². The van der Waals surface area contributed by atoms with Gasteiger partial charge in [0.1, 0.15) is 6.61 Å². The zero-order valence-corrected chi connectivity index (χ0v) is 14.5. The Morgan fingerprint density at radius 1 is 1.12 bits per heavy atom. The number of anilines is 1. The molecular formula is C21H21NO4. The number of carbonyl (C=O) groups is 2. The van der Waals surface area contributed by atoms with E-state index in [0.29, 0.717) is 12.5 Å². The van der Waals surface area contributed by atoms with E-state index < -0.39 is 5.97 Å². The molecule has 1 aliphatic carbocycles. The minimum Gasteiger partial charge on any atom is -0.478 e. The Labute approximate surface area is 152 Å². The van der Waals surface area contributed by atoms with E-state index in [4.69, 9.17) is 9.84 Å². The fraction of sp³-hybridized carbons (Fsp3) is 0.333. The van der Waals surface area contributed by atoms with Gasteiger partial charge in [0.05, 0.1) is 11.3 Å². The van der Waals surface area contributed by atoms with E-state index in [1.54, 1.807) is 17.0 Å². The Hall–Kier alpha value is -2.82. The van der Waals surface area contributed by atoms with Crippen LogP contribution in [0.3, 0.4) is 0 Å². The quantitative estimate of drug-likeness (QED) is 0.889. The average Bonchev–Trinajstić information content (AvgIpc) is 3.50. The van der Waals surface area contributed by atoms with Gasteiger partial charge in [0.25, 0.3) is 0 Å². The maximum absolute atomic E-state index is 12.5. The maximum atomic E-state index is 12.5. The largest absolute Gasteiger partial charge is 0.478 e. The van der Waals surface area contributed by atoms with Gasteiger partial charge < -0.3 is 9.84 Å². The highest BCUT2D eigenvalue weighted by Gasteiger charge is 2.25. The highest BCUT2D eigenvalue weighted by Crippen LogP contribution is 2.39. The van der Waals surface area contributed by atoms with Gasteiger partial charge in [0, 0.05) is 6.54 Å². The summed E-state index contributed by atoms with van der Waals surface area (Å²) < 4.78 is 5.49. The van der Waals surface area contributed by atoms with Crippen molar-refractivity contribution < 1.29 is 19.4 Å². The van der Waals surface area contributed by atoms with Crippen molar-refractivity contribution in [1.29, 1.82) is 0 Å². The van der Waals surface area contributed by atoms with Crippen molar-refractivity contribution in [2.75, 3.05) is 11.4 Å². The van der Waals surface area contributed by atoms with Crippen LogP contribution in [0.5, 0.6) is 0 Å². The average molecular weight is 351 g/mol. The molecule has 0 radical (unpaired) electrons. The van der Waals surface area contributed by atoms with Crippen molar-refractivity contribution >= 4 is 17.7 Å². The molecule has 0 unspecified atom stereocenters. The lowest BCUT2D eigenvalue weighted by Crippen LogP contribution is -2.36. The van der Waals surface area contributed by atoms with Gasteiger partial charge in [0.15, 0.2) is 0 Å². The minimum atomic E-state index is -0.956. The number of rotatable bonds is 4. The molecule has 0 aromatic heterocycles. The van der Waals surface area contributed by atoms with Crippen LogP contribution in [0.15, 0.2) is 42.5 Å². The Morgan fingerprint density at radius 2 is 1.88 bits per heavy atom. The van der Waals surface area contributed by atoms with Crippen LogP contribution >= 0.6 is 0 Å². The summed E-state index contributed by atoms with van der Waals surface area (Å²) in [6.07, 6.45) is 3.71. The minimum absolute atomic E-state index is 0.239. The normalized spacial score (nSPS) is 16.1. The maximum Gasteiger partial charge on any atom is 0.414 e. The molecule has 2 aromatic rings. The first kappa shape index (κ1) is 16.6. The summed E-state index contributed by atoms with van der Waals surface area (Å²) in [5.41, 5.74) is 4.20. The SMILES string of the molecule is O=C(O)c1ccc2c(c1)CCCN2C(=O)OCc1ccc(C2CC2)cc1. The summed E-state index contributed by atoms with van der Waals surface area (Å²) in [6, 6.07) is 13.1. The summed E-state index contributed by atoms with van der Waals surface area (Å²) in [5.74, 6) is -0.241. The molecule has 26 heavy (non-hydrogen) atoms. The number of ether oxygens (including phenoxy) is 1. The Morgan fingerprint density at radius 3 is 2.58 bits per heavy atom. The number of carbonyl (C=O) groups excluding carboxylic acids is 1. The molecule has 1 N–H and O–H groups in total. The summed E-state index contributed by atoms with van der Waals surface area (Å²) in [7, 11) is 0. The van der Waals surface area contributed by atoms with Gasteiger partial charge in [-0.05, 0) is 66.5 Å². The molecule has 5 heteroatoms. The Balaban J connectivity index is 1.43. The third-order valence-corrected chi connectivity index (χ3v) is 5.06. The second-order valence-electron chi connectivity index (χ2n) is 6.97. The summed E-state index contributed by atoms with van der Waals surface area (Å²) in [4.78, 5) is 25.3. The zero-order valence-electron chi connectivity index (χ0n) is 14.5. The van der Waals surface area contributed by atoms with Crippen LogP contribution in [0.2, 0.25) is 0 Å². The van der Waals surface area contributed by atoms with Crippen LogP contribution in [-0.4, -0.2) is 23.7 Å². The first-order chi connectivity index (χ1) is 12.6. The molecule has 1 amide bonds. The van der Waals surface area contributed by atoms with Gasteiger partial charge in [-0.2, -0.15) is 0 Å². The van der Waals surface area contributed by atoms with Crippen LogP contribution in [0, 0.1) is 0 Å². The molecule has 1 aliphatic heterocycles. The van der Waals surface area contributed by atoms with Crippen molar-refractivity contribution in [3.8, 4) is 0 Å². The molecule has 1 heterocycles. The van der Waals surface area contributed by atoms with Crippen molar-refractivity contribution in [2.24, 2.45) is 0 Å². The van der Waals surface area contributed by atoms with Crippen molar-refractivity contribution in [3.05, 3.63) is 64.7 Å². The summed E-state index contributed by atoms with van der Waals surface area (Å²) >= 11 is 0. The molecule has 2 aliphatic rings. The van der Waals surface area contributed by atoms with E-state index >= 15 is 0 Å². The fourth-order valence-electron chi connectivity index (χ4n) is 3.45. The molecule has 0 atom stereocenters. The van der Waals surface area contributed by atoms with Crippen molar-refractivity contribution in [2.45, 2.75) is 38.2 Å². The van der Waals surface area contributed by atoms with Crippen LogP contribution in [0.4, 0.5) is 10.5 Å². The number of benzene rings is 2. The van der Waals surface area contributed by atoms with E-state index in [0.717, 1.165) is 29.7 Å². The van der Waals surface area contributed by atoms with Gasteiger partial charge in [-0.15, -0.1) is 0 Å². The third-order valence-electron chi connectivity index (χ3n) is 5.06. The van der Waals surface area contributed by atoms with E-state index in [1.165, 1.54) is 24.5 Å². The van der Waals surface area contributed by atoms with Gasteiger partial charge in [-0.3, -0.25) is 4.90 Å². The number of hydrogen-bond donors (Lipinski definition) is 1. The number of aryl methyl sites for hydroxylation is 1. The Kier molecular flexibility index (Phi) is 4.37. The van der Waals surface area contributed by atoms with Crippen LogP contribution in [-0.2, 0) is 17.8 Å². The van der Waals surface area contributed by atoms with Crippen LogP contribution in [0.25, 0.3) is 0 Å². The topological polar surface area (TPSA) is 66.8 Å². The van der Waals surface area contributed by atoms with Gasteiger partial charge in [0.2, 0.25) is 0 Å². The zero-order chi connectivity index (χ0) is 18.1. The molecule has 1 saturated carbocycles. The predicted molar refractivity (Wildman–Crippen MR) is 97.7 cm³/mol. The van der Waals surface area contributed by atoms with Crippen molar-refractivity contribution in [3.63, 3.8) is 0 Å². The van der Waals surface area contributed by atoms with E-state index in [-0.39, 0.29) is 18.3 Å². The van der Waals surface area contributed by atoms with Gasteiger partial charge in [-0.1, -0.05) is 24.3 Å². The molecular weight excluding hydrogens is 330 g/mol. The number of nitrogens with zero attached hydrogens (tertiary/aromatic N) is 1. The predicted octanol–water partition coefficient (Wildman–Crippen LogP) is 4.35. The van der Waals surface area contributed by atoms with Crippen molar-refractivity contribution in [1.82, 2.24) is 0 Å². The fourth-order valence-corrected chi connectivity index (χ4v) is 3.45. The number of carboxylic acids is 1. The van der Waals surface area contributed by atoms with E-state index in [1.807, 2.05) is 12.1 Å². The second kappa shape index (κ2) is 6.83. The molecule has 0 spiro atoms. The smallest absolute Gasteiger partial charge is 0.414 e. The standard InChI is InChI=1S/C21H21NO4/c23-20(24)18-9-10-19-17(12-18)2-1-11-22(19)21(25)26-13-14-3-5-15(6-4-14)16-7-8-16/h3-6,9-10,12,16H,1-2,7-8,11,13H2,(H,23,24). The first-order valence-electron chi connectivity index (χ1n) is 9.01. The lowest BCUT2D eigenvalue weighted by Gasteiger charge is -2.29. The van der Waals surface area contributed by atoms with Crippen LogP contribution < -0.4 is 4.90 Å². The molecule has 2 aromatic carbocycles. The summed E-state index contributed by atoms with van der Waals surface area (Å²) in [6.45, 7) is 0.821. The van der Waals surface area contributed by atoms with E-state index in [9.17, 15) is 9.59 Å².